The van der Waals surface area contributed by atoms with Crippen molar-refractivity contribution in [1.29, 1.82) is 0 Å². The zero-order valence-electron chi connectivity index (χ0n) is 8.53. The third kappa shape index (κ3) is 1.49. The average Bonchev–Trinajstić information content (AvgIpc) is 2.52. The fraction of sp³-hybridized carbons (Fsp3) is 0.625. The molecule has 84 valence electrons. The number of aliphatic carboxylic acids is 1. The van der Waals surface area contributed by atoms with E-state index in [0.29, 0.717) is 0 Å². The van der Waals surface area contributed by atoms with E-state index in [0.717, 1.165) is 4.57 Å². The minimum absolute atomic E-state index is 0.166. The number of H-pyrrole nitrogens is 2. The maximum absolute atomic E-state index is 11.3. The van der Waals surface area contributed by atoms with E-state index in [1.807, 2.05) is 0 Å². The lowest BCUT2D eigenvalue weighted by molar-refractivity contribution is -0.148. The topological polar surface area (TPSA) is 108 Å². The first-order valence-corrected chi connectivity index (χ1v) is 4.63. The minimum Gasteiger partial charge on any atom is -0.479 e. The number of rotatable bonds is 4. The van der Waals surface area contributed by atoms with Gasteiger partial charge >= 0.3 is 17.3 Å². The molecule has 0 saturated heterocycles. The van der Waals surface area contributed by atoms with Crippen LogP contribution in [0, 0.1) is 0 Å². The Morgan fingerprint density at radius 2 is 1.67 bits per heavy atom. The minimum atomic E-state index is -1.47. The average molecular weight is 215 g/mol. The van der Waals surface area contributed by atoms with Crippen LogP contribution in [0.5, 0.6) is 0 Å². The van der Waals surface area contributed by atoms with Crippen molar-refractivity contribution < 1.29 is 9.90 Å². The van der Waals surface area contributed by atoms with Gasteiger partial charge in [-0.15, -0.1) is 0 Å². The summed E-state index contributed by atoms with van der Waals surface area (Å²) in [7, 11) is 0. The predicted molar refractivity (Wildman–Crippen MR) is 51.9 cm³/mol. The Bertz CT molecular complexity index is 435. The summed E-state index contributed by atoms with van der Waals surface area (Å²) in [5.41, 5.74) is -2.93. The first kappa shape index (κ1) is 11.3. The molecule has 1 heterocycles. The highest BCUT2D eigenvalue weighted by Gasteiger charge is 2.40. The third-order valence-corrected chi connectivity index (χ3v) is 2.68. The van der Waals surface area contributed by atoms with Gasteiger partial charge in [0.05, 0.1) is 0 Å². The van der Waals surface area contributed by atoms with Crippen LogP contribution in [0.4, 0.5) is 0 Å². The highest BCUT2D eigenvalue weighted by Crippen LogP contribution is 2.21. The molecule has 3 N–H and O–H groups in total. The van der Waals surface area contributed by atoms with Crippen molar-refractivity contribution in [2.45, 2.75) is 32.2 Å². The summed E-state index contributed by atoms with van der Waals surface area (Å²) in [5, 5.41) is 13.3. The molecule has 0 aliphatic heterocycles. The van der Waals surface area contributed by atoms with E-state index in [-0.39, 0.29) is 12.8 Å². The molecule has 0 amide bonds. The zero-order chi connectivity index (χ0) is 11.6. The van der Waals surface area contributed by atoms with Gasteiger partial charge in [-0.2, -0.15) is 0 Å². The number of carboxylic acids is 1. The Kier molecular flexibility index (Phi) is 2.83. The van der Waals surface area contributed by atoms with Crippen LogP contribution in [0.25, 0.3) is 0 Å². The normalized spacial score (nSPS) is 11.6. The van der Waals surface area contributed by atoms with E-state index >= 15 is 0 Å². The molecule has 0 aliphatic rings. The van der Waals surface area contributed by atoms with E-state index in [1.54, 1.807) is 13.8 Å². The molecule has 0 aromatic carbocycles. The molecule has 0 aliphatic carbocycles. The van der Waals surface area contributed by atoms with Gasteiger partial charge < -0.3 is 5.11 Å². The van der Waals surface area contributed by atoms with Crippen LogP contribution in [0.15, 0.2) is 9.59 Å². The standard InChI is InChI=1S/C8H13N3O4/c1-3-8(4-2,5(12)13)11-6(14)9-10-7(11)15/h3-4H2,1-2H3,(H,9,14)(H,10,15)(H,12,13). The monoisotopic (exact) mass is 215 g/mol. The molecule has 1 rings (SSSR count). The van der Waals surface area contributed by atoms with Gasteiger partial charge in [0.15, 0.2) is 5.54 Å². The number of hydrogen-bond donors (Lipinski definition) is 3. The summed E-state index contributed by atoms with van der Waals surface area (Å²) < 4.78 is 0.718. The molecule has 1 aromatic rings. The van der Waals surface area contributed by atoms with Gasteiger partial charge in [0, 0.05) is 0 Å². The van der Waals surface area contributed by atoms with Gasteiger partial charge in [0.2, 0.25) is 0 Å². The molecular weight excluding hydrogens is 202 g/mol. The third-order valence-electron chi connectivity index (χ3n) is 2.68. The number of aromatic nitrogens is 3. The number of aromatic amines is 2. The Morgan fingerprint density at radius 3 is 1.93 bits per heavy atom. The van der Waals surface area contributed by atoms with Crippen molar-refractivity contribution >= 4 is 5.97 Å². The van der Waals surface area contributed by atoms with Crippen LogP contribution in [-0.4, -0.2) is 25.8 Å². The van der Waals surface area contributed by atoms with Gasteiger partial charge in [0.1, 0.15) is 0 Å². The van der Waals surface area contributed by atoms with Gasteiger partial charge in [0.25, 0.3) is 0 Å². The number of nitrogens with zero attached hydrogens (tertiary/aromatic N) is 1. The van der Waals surface area contributed by atoms with Crippen molar-refractivity contribution in [3.8, 4) is 0 Å². The number of carbonyl (C=O) groups is 1. The van der Waals surface area contributed by atoms with Crippen molar-refractivity contribution in [2.75, 3.05) is 0 Å². The van der Waals surface area contributed by atoms with Crippen LogP contribution in [-0.2, 0) is 10.3 Å². The molecule has 0 fully saturated rings. The van der Waals surface area contributed by atoms with Gasteiger partial charge in [-0.1, -0.05) is 13.8 Å². The zero-order valence-corrected chi connectivity index (χ0v) is 8.53. The Hall–Kier alpha value is -1.79. The summed E-state index contributed by atoms with van der Waals surface area (Å²) in [4.78, 5) is 33.8. The largest absolute Gasteiger partial charge is 0.479 e. The smallest absolute Gasteiger partial charge is 0.345 e. The first-order chi connectivity index (χ1) is 6.99. The maximum atomic E-state index is 11.3. The number of nitrogens with one attached hydrogen (secondary N) is 2. The van der Waals surface area contributed by atoms with Crippen LogP contribution in [0.2, 0.25) is 0 Å². The Balaban J connectivity index is 3.53. The molecule has 0 unspecified atom stereocenters. The molecule has 0 saturated carbocycles. The van der Waals surface area contributed by atoms with Crippen LogP contribution >= 0.6 is 0 Å². The van der Waals surface area contributed by atoms with E-state index in [1.165, 1.54) is 0 Å². The van der Waals surface area contributed by atoms with Crippen molar-refractivity contribution in [3.05, 3.63) is 21.0 Å². The van der Waals surface area contributed by atoms with E-state index in [4.69, 9.17) is 5.11 Å². The number of hydrogen-bond acceptors (Lipinski definition) is 3. The van der Waals surface area contributed by atoms with Gasteiger partial charge in [-0.3, -0.25) is 0 Å². The second kappa shape index (κ2) is 3.76. The highest BCUT2D eigenvalue weighted by atomic mass is 16.4. The molecule has 0 atom stereocenters. The molecule has 7 heteroatoms. The highest BCUT2D eigenvalue weighted by molar-refractivity contribution is 5.76. The lowest BCUT2D eigenvalue weighted by atomic mass is 9.93. The Labute approximate surface area is 84.7 Å². The number of carboxylic acid groups (broad SMARTS) is 1. The molecule has 15 heavy (non-hydrogen) atoms. The van der Waals surface area contributed by atoms with Crippen molar-refractivity contribution in [2.24, 2.45) is 0 Å². The van der Waals surface area contributed by atoms with Gasteiger partial charge in [-0.05, 0) is 12.8 Å². The lowest BCUT2D eigenvalue weighted by Gasteiger charge is -2.25. The lowest BCUT2D eigenvalue weighted by Crippen LogP contribution is -2.50. The van der Waals surface area contributed by atoms with Crippen molar-refractivity contribution in [3.63, 3.8) is 0 Å². The van der Waals surface area contributed by atoms with Crippen molar-refractivity contribution in [1.82, 2.24) is 14.8 Å². The summed E-state index contributed by atoms with van der Waals surface area (Å²) in [5.74, 6) is -1.18. The summed E-state index contributed by atoms with van der Waals surface area (Å²) >= 11 is 0. The van der Waals surface area contributed by atoms with E-state index in [9.17, 15) is 14.4 Å². The van der Waals surface area contributed by atoms with Crippen LogP contribution < -0.4 is 11.4 Å². The van der Waals surface area contributed by atoms with Crippen LogP contribution in [0.1, 0.15) is 26.7 Å². The predicted octanol–water partition coefficient (Wildman–Crippen LogP) is -0.535. The molecule has 1 aromatic heterocycles. The summed E-state index contributed by atoms with van der Waals surface area (Å²) in [6, 6.07) is 0. The van der Waals surface area contributed by atoms with Crippen LogP contribution in [0.3, 0.4) is 0 Å². The second-order valence-corrected chi connectivity index (χ2v) is 3.24. The Morgan fingerprint density at radius 1 is 1.27 bits per heavy atom. The van der Waals surface area contributed by atoms with E-state index in [2.05, 4.69) is 10.2 Å². The van der Waals surface area contributed by atoms with E-state index < -0.39 is 22.9 Å². The molecule has 0 bridgehead atoms. The summed E-state index contributed by atoms with van der Waals surface area (Å²) in [6.45, 7) is 3.24. The molecule has 0 spiro atoms. The molecular formula is C8H13N3O4. The first-order valence-electron chi connectivity index (χ1n) is 4.63. The summed E-state index contributed by atoms with van der Waals surface area (Å²) in [6.07, 6.45) is 0.333. The fourth-order valence-corrected chi connectivity index (χ4v) is 1.66. The molecule has 0 radical (unpaired) electrons. The quantitative estimate of drug-likeness (QED) is 0.627. The molecule has 7 nitrogen and oxygen atoms in total. The SMILES string of the molecule is CCC(CC)(C(=O)O)n1c(=O)[nH][nH]c1=O. The van der Waals surface area contributed by atoms with Gasteiger partial charge in [-0.25, -0.2) is 29.1 Å². The maximum Gasteiger partial charge on any atom is 0.345 e. The fourth-order valence-electron chi connectivity index (χ4n) is 1.66. The second-order valence-electron chi connectivity index (χ2n) is 3.24.